The van der Waals surface area contributed by atoms with Gasteiger partial charge in [0.15, 0.2) is 0 Å². The molecular formula is C21H40O4. The number of carbonyl (C=O) groups excluding carboxylic acids is 1. The fraction of sp³-hybridized carbons (Fsp3) is 0.857. The van der Waals surface area contributed by atoms with Gasteiger partial charge in [-0.2, -0.15) is 0 Å². The number of aliphatic hydroxyl groups excluding tert-OH is 2. The summed E-state index contributed by atoms with van der Waals surface area (Å²) in [6.07, 6.45) is 18.3. The number of hydrogen-bond acceptors (Lipinski definition) is 4. The van der Waals surface area contributed by atoms with Crippen LogP contribution in [-0.4, -0.2) is 28.6 Å². The van der Waals surface area contributed by atoms with Gasteiger partial charge in [-0.1, -0.05) is 70.4 Å². The molecule has 0 aliphatic carbocycles. The van der Waals surface area contributed by atoms with E-state index in [4.69, 9.17) is 5.11 Å². The second-order valence-electron chi connectivity index (χ2n) is 6.96. The zero-order valence-corrected chi connectivity index (χ0v) is 16.4. The molecular weight excluding hydrogens is 316 g/mol. The van der Waals surface area contributed by atoms with Gasteiger partial charge in [0.05, 0.1) is 0 Å². The van der Waals surface area contributed by atoms with Crippen molar-refractivity contribution in [1.29, 1.82) is 0 Å². The Kier molecular flexibility index (Phi) is 17.3. The third-order valence-corrected chi connectivity index (χ3v) is 4.31. The van der Waals surface area contributed by atoms with Crippen molar-refractivity contribution in [3.8, 4) is 0 Å². The molecule has 0 radical (unpaired) electrons. The standard InChI is InChI=1S/C21H40O4/c1-3-4-5-6-7-8-9-10-11-12-13-14-15-16-17-18-20(23)25-21(24)19(2)22/h10-11,19,21-22,24H,3-9,12-18H2,1-2H3/b11-10+. The topological polar surface area (TPSA) is 66.8 Å². The molecule has 0 aliphatic heterocycles. The van der Waals surface area contributed by atoms with Crippen LogP contribution in [0, 0.1) is 0 Å². The first-order valence-corrected chi connectivity index (χ1v) is 10.3. The molecule has 0 aliphatic rings. The van der Waals surface area contributed by atoms with Crippen molar-refractivity contribution >= 4 is 5.97 Å². The Balaban J connectivity index is 3.28. The molecule has 0 aromatic rings. The predicted octanol–water partition coefficient (Wildman–Crippen LogP) is 5.27. The molecule has 0 saturated carbocycles. The van der Waals surface area contributed by atoms with Crippen LogP contribution in [0.25, 0.3) is 0 Å². The summed E-state index contributed by atoms with van der Waals surface area (Å²) < 4.78 is 4.69. The highest BCUT2D eigenvalue weighted by molar-refractivity contribution is 5.69. The van der Waals surface area contributed by atoms with Crippen molar-refractivity contribution in [2.45, 2.75) is 116 Å². The third-order valence-electron chi connectivity index (χ3n) is 4.31. The first kappa shape index (κ1) is 24.1. The van der Waals surface area contributed by atoms with Crippen LogP contribution in [-0.2, 0) is 9.53 Å². The maximum atomic E-state index is 11.4. The van der Waals surface area contributed by atoms with E-state index in [1.165, 1.54) is 64.7 Å². The van der Waals surface area contributed by atoms with E-state index >= 15 is 0 Å². The lowest BCUT2D eigenvalue weighted by Crippen LogP contribution is -2.28. The molecule has 2 unspecified atom stereocenters. The van der Waals surface area contributed by atoms with Crippen LogP contribution in [0.1, 0.15) is 104 Å². The van der Waals surface area contributed by atoms with E-state index < -0.39 is 18.4 Å². The van der Waals surface area contributed by atoms with Gasteiger partial charge in [-0.05, 0) is 39.0 Å². The molecule has 0 bridgehead atoms. The molecule has 0 amide bonds. The number of allylic oxidation sites excluding steroid dienone is 2. The number of hydrogen-bond donors (Lipinski definition) is 2. The average molecular weight is 357 g/mol. The number of carbonyl (C=O) groups is 1. The second kappa shape index (κ2) is 17.9. The molecule has 148 valence electrons. The van der Waals surface area contributed by atoms with E-state index in [-0.39, 0.29) is 0 Å². The Hall–Kier alpha value is -0.870. The zero-order chi connectivity index (χ0) is 18.8. The van der Waals surface area contributed by atoms with Crippen LogP contribution >= 0.6 is 0 Å². The molecule has 0 fully saturated rings. The Morgan fingerprint density at radius 3 is 1.84 bits per heavy atom. The predicted molar refractivity (Wildman–Crippen MR) is 103 cm³/mol. The monoisotopic (exact) mass is 356 g/mol. The quantitative estimate of drug-likeness (QED) is 0.161. The number of rotatable bonds is 17. The van der Waals surface area contributed by atoms with E-state index in [1.807, 2.05) is 0 Å². The number of unbranched alkanes of at least 4 members (excludes halogenated alkanes) is 11. The van der Waals surface area contributed by atoms with Gasteiger partial charge in [-0.15, -0.1) is 0 Å². The molecule has 2 N–H and O–H groups in total. The van der Waals surface area contributed by atoms with Gasteiger partial charge >= 0.3 is 5.97 Å². The maximum absolute atomic E-state index is 11.4. The van der Waals surface area contributed by atoms with Crippen molar-refractivity contribution in [1.82, 2.24) is 0 Å². The molecule has 0 heterocycles. The molecule has 0 aromatic carbocycles. The van der Waals surface area contributed by atoms with Crippen LogP contribution in [0.15, 0.2) is 12.2 Å². The summed E-state index contributed by atoms with van der Waals surface area (Å²) in [5.41, 5.74) is 0. The third kappa shape index (κ3) is 17.7. The molecule has 0 aromatic heterocycles. The van der Waals surface area contributed by atoms with Crippen molar-refractivity contribution < 1.29 is 19.7 Å². The lowest BCUT2D eigenvalue weighted by molar-refractivity contribution is -0.184. The molecule has 4 heteroatoms. The summed E-state index contributed by atoms with van der Waals surface area (Å²) in [5, 5.41) is 18.3. The van der Waals surface area contributed by atoms with Gasteiger partial charge in [-0.25, -0.2) is 0 Å². The van der Waals surface area contributed by atoms with Gasteiger partial charge in [0.1, 0.15) is 6.10 Å². The maximum Gasteiger partial charge on any atom is 0.308 e. The highest BCUT2D eigenvalue weighted by Gasteiger charge is 2.15. The average Bonchev–Trinajstić information content (AvgIpc) is 2.58. The van der Waals surface area contributed by atoms with E-state index in [9.17, 15) is 9.90 Å². The van der Waals surface area contributed by atoms with Crippen LogP contribution in [0.3, 0.4) is 0 Å². The Morgan fingerprint density at radius 2 is 1.32 bits per heavy atom. The highest BCUT2D eigenvalue weighted by Crippen LogP contribution is 2.10. The van der Waals surface area contributed by atoms with Gasteiger partial charge in [0.25, 0.3) is 0 Å². The number of ether oxygens (including phenoxy) is 1. The van der Waals surface area contributed by atoms with Crippen LogP contribution < -0.4 is 0 Å². The highest BCUT2D eigenvalue weighted by atomic mass is 16.6. The minimum absolute atomic E-state index is 0.307. The summed E-state index contributed by atoms with van der Waals surface area (Å²) in [5.74, 6) is -0.439. The molecule has 0 spiro atoms. The van der Waals surface area contributed by atoms with Crippen molar-refractivity contribution in [3.05, 3.63) is 12.2 Å². The van der Waals surface area contributed by atoms with Gasteiger partial charge < -0.3 is 14.9 Å². The molecule has 25 heavy (non-hydrogen) atoms. The van der Waals surface area contributed by atoms with Crippen LogP contribution in [0.5, 0.6) is 0 Å². The Morgan fingerprint density at radius 1 is 0.840 bits per heavy atom. The molecule has 0 saturated heterocycles. The van der Waals surface area contributed by atoms with Crippen LogP contribution in [0.2, 0.25) is 0 Å². The van der Waals surface area contributed by atoms with Crippen LogP contribution in [0.4, 0.5) is 0 Å². The SMILES string of the molecule is CCCCCCCC/C=C/CCCCCCCC(=O)OC(O)C(C)O. The van der Waals surface area contributed by atoms with Gasteiger partial charge in [0.2, 0.25) is 6.29 Å². The zero-order valence-electron chi connectivity index (χ0n) is 16.4. The summed E-state index contributed by atoms with van der Waals surface area (Å²) >= 11 is 0. The van der Waals surface area contributed by atoms with E-state index in [1.54, 1.807) is 0 Å². The molecule has 2 atom stereocenters. The normalized spacial score (nSPS) is 13.9. The molecule has 0 rings (SSSR count). The summed E-state index contributed by atoms with van der Waals surface area (Å²) in [6.45, 7) is 3.64. The van der Waals surface area contributed by atoms with Gasteiger partial charge in [-0.3, -0.25) is 4.79 Å². The Labute approximate surface area is 154 Å². The summed E-state index contributed by atoms with van der Waals surface area (Å²) in [4.78, 5) is 11.4. The first-order chi connectivity index (χ1) is 12.1. The van der Waals surface area contributed by atoms with Crippen molar-refractivity contribution in [2.75, 3.05) is 0 Å². The largest absolute Gasteiger partial charge is 0.433 e. The fourth-order valence-electron chi connectivity index (χ4n) is 2.63. The van der Waals surface area contributed by atoms with Crippen molar-refractivity contribution in [3.63, 3.8) is 0 Å². The number of aliphatic hydroxyl groups is 2. The second-order valence-corrected chi connectivity index (χ2v) is 6.96. The number of esters is 1. The minimum atomic E-state index is -1.41. The lowest BCUT2D eigenvalue weighted by Gasteiger charge is -2.14. The van der Waals surface area contributed by atoms with E-state index in [2.05, 4.69) is 23.8 Å². The summed E-state index contributed by atoms with van der Waals surface area (Å²) in [6, 6.07) is 0. The smallest absolute Gasteiger partial charge is 0.308 e. The lowest BCUT2D eigenvalue weighted by atomic mass is 10.1. The minimum Gasteiger partial charge on any atom is -0.433 e. The Bertz CT molecular complexity index is 326. The summed E-state index contributed by atoms with van der Waals surface area (Å²) in [7, 11) is 0. The van der Waals surface area contributed by atoms with E-state index in [0.29, 0.717) is 6.42 Å². The van der Waals surface area contributed by atoms with Crippen molar-refractivity contribution in [2.24, 2.45) is 0 Å². The first-order valence-electron chi connectivity index (χ1n) is 10.3. The molecule has 4 nitrogen and oxygen atoms in total. The van der Waals surface area contributed by atoms with E-state index in [0.717, 1.165) is 25.7 Å². The van der Waals surface area contributed by atoms with Gasteiger partial charge in [0, 0.05) is 6.42 Å². The fourth-order valence-corrected chi connectivity index (χ4v) is 2.63.